The number of rotatable bonds is 5. The minimum Gasteiger partial charge on any atom is -0.497 e. The average Bonchev–Trinajstić information content (AvgIpc) is 3.05. The second kappa shape index (κ2) is 6.48. The van der Waals surface area contributed by atoms with Gasteiger partial charge in [-0.2, -0.15) is 4.98 Å². The van der Waals surface area contributed by atoms with Crippen molar-refractivity contribution in [2.45, 2.75) is 13.5 Å². The molecule has 3 rings (SSSR count). The van der Waals surface area contributed by atoms with Crippen LogP contribution in [0.25, 0.3) is 11.5 Å². The molecule has 6 heteroatoms. The van der Waals surface area contributed by atoms with E-state index >= 15 is 0 Å². The summed E-state index contributed by atoms with van der Waals surface area (Å²) in [6, 6.07) is 12.3. The number of hydrogen-bond acceptors (Lipinski definition) is 5. The van der Waals surface area contributed by atoms with Crippen LogP contribution >= 0.6 is 0 Å². The molecule has 2 aromatic carbocycles. The van der Waals surface area contributed by atoms with Gasteiger partial charge in [-0.25, -0.2) is 4.39 Å². The highest BCUT2D eigenvalue weighted by molar-refractivity contribution is 5.54. The Hall–Kier alpha value is -2.89. The predicted molar refractivity (Wildman–Crippen MR) is 84.7 cm³/mol. The predicted octanol–water partition coefficient (Wildman–Crippen LogP) is 3.80. The number of nitrogens with zero attached hydrogens (tertiary/aromatic N) is 2. The largest absolute Gasteiger partial charge is 0.497 e. The van der Waals surface area contributed by atoms with Crippen molar-refractivity contribution in [1.29, 1.82) is 0 Å². The number of methoxy groups -OCH3 is 1. The van der Waals surface area contributed by atoms with Crippen LogP contribution in [0, 0.1) is 12.7 Å². The molecule has 0 unspecified atom stereocenters. The van der Waals surface area contributed by atoms with E-state index in [1.165, 1.54) is 6.07 Å². The van der Waals surface area contributed by atoms with Gasteiger partial charge < -0.3 is 14.6 Å². The summed E-state index contributed by atoms with van der Waals surface area (Å²) in [7, 11) is 1.61. The zero-order valence-corrected chi connectivity index (χ0v) is 12.8. The lowest BCUT2D eigenvalue weighted by molar-refractivity contribution is 0.414. The Labute approximate surface area is 133 Å². The molecule has 118 valence electrons. The number of aromatic nitrogens is 2. The molecule has 0 saturated carbocycles. The van der Waals surface area contributed by atoms with Crippen molar-refractivity contribution in [3.8, 4) is 17.2 Å². The van der Waals surface area contributed by atoms with Crippen molar-refractivity contribution in [3.63, 3.8) is 0 Å². The second-order valence-electron chi connectivity index (χ2n) is 5.06. The third kappa shape index (κ3) is 3.48. The van der Waals surface area contributed by atoms with Crippen LogP contribution in [0.2, 0.25) is 0 Å². The van der Waals surface area contributed by atoms with Crippen molar-refractivity contribution in [1.82, 2.24) is 10.1 Å². The summed E-state index contributed by atoms with van der Waals surface area (Å²) in [6.45, 7) is 2.07. The van der Waals surface area contributed by atoms with Crippen LogP contribution in [0.5, 0.6) is 5.75 Å². The molecular formula is C17H16FN3O2. The summed E-state index contributed by atoms with van der Waals surface area (Å²) in [5.74, 6) is 1.44. The molecule has 3 aromatic rings. The van der Waals surface area contributed by atoms with E-state index in [2.05, 4.69) is 15.5 Å². The zero-order chi connectivity index (χ0) is 16.2. The molecule has 0 fully saturated rings. The highest BCUT2D eigenvalue weighted by Gasteiger charge is 2.09. The van der Waals surface area contributed by atoms with E-state index < -0.39 is 0 Å². The molecule has 0 amide bonds. The van der Waals surface area contributed by atoms with Crippen LogP contribution in [0.4, 0.5) is 10.1 Å². The van der Waals surface area contributed by atoms with Gasteiger partial charge in [0.25, 0.3) is 5.89 Å². The van der Waals surface area contributed by atoms with E-state index in [0.717, 1.165) is 11.3 Å². The Morgan fingerprint density at radius 3 is 2.65 bits per heavy atom. The van der Waals surface area contributed by atoms with Gasteiger partial charge in [0.05, 0.1) is 13.7 Å². The van der Waals surface area contributed by atoms with Crippen molar-refractivity contribution >= 4 is 5.69 Å². The van der Waals surface area contributed by atoms with Gasteiger partial charge in [0.2, 0.25) is 0 Å². The molecule has 0 saturated heterocycles. The van der Waals surface area contributed by atoms with Crippen molar-refractivity contribution < 1.29 is 13.7 Å². The summed E-state index contributed by atoms with van der Waals surface area (Å²) >= 11 is 0. The van der Waals surface area contributed by atoms with Crippen LogP contribution in [0.15, 0.2) is 47.0 Å². The number of hydrogen-bond donors (Lipinski definition) is 1. The third-order valence-corrected chi connectivity index (χ3v) is 3.43. The van der Waals surface area contributed by atoms with Crippen LogP contribution in [-0.2, 0) is 6.54 Å². The number of halogens is 1. The van der Waals surface area contributed by atoms with Crippen LogP contribution in [-0.4, -0.2) is 17.3 Å². The summed E-state index contributed by atoms with van der Waals surface area (Å²) in [5.41, 5.74) is 2.09. The molecule has 0 bridgehead atoms. The fourth-order valence-electron chi connectivity index (χ4n) is 2.06. The van der Waals surface area contributed by atoms with Crippen molar-refractivity contribution in [2.24, 2.45) is 0 Å². The van der Waals surface area contributed by atoms with E-state index in [-0.39, 0.29) is 5.82 Å². The Bertz CT molecular complexity index is 800. The van der Waals surface area contributed by atoms with E-state index in [4.69, 9.17) is 9.26 Å². The summed E-state index contributed by atoms with van der Waals surface area (Å²) < 4.78 is 23.8. The van der Waals surface area contributed by atoms with Gasteiger partial charge in [0, 0.05) is 11.3 Å². The smallest absolute Gasteiger partial charge is 0.257 e. The lowest BCUT2D eigenvalue weighted by Gasteiger charge is -2.04. The van der Waals surface area contributed by atoms with Gasteiger partial charge in [-0.05, 0) is 48.9 Å². The molecular weight excluding hydrogens is 297 g/mol. The van der Waals surface area contributed by atoms with Crippen molar-refractivity contribution in [3.05, 3.63) is 59.7 Å². The SMILES string of the molecule is COc1ccc(-c2nc(CNc3ccc(C)c(F)c3)no2)cc1. The first kappa shape index (κ1) is 15.0. The second-order valence-corrected chi connectivity index (χ2v) is 5.06. The minimum absolute atomic E-state index is 0.248. The maximum Gasteiger partial charge on any atom is 0.257 e. The monoisotopic (exact) mass is 313 g/mol. The van der Waals surface area contributed by atoms with E-state index in [1.54, 1.807) is 20.1 Å². The van der Waals surface area contributed by atoms with Crippen LogP contribution < -0.4 is 10.1 Å². The average molecular weight is 313 g/mol. The third-order valence-electron chi connectivity index (χ3n) is 3.43. The van der Waals surface area contributed by atoms with Gasteiger partial charge in [0.15, 0.2) is 5.82 Å². The maximum absolute atomic E-state index is 13.5. The number of nitrogens with one attached hydrogen (secondary N) is 1. The minimum atomic E-state index is -0.248. The first-order valence-electron chi connectivity index (χ1n) is 7.13. The molecule has 1 aromatic heterocycles. The van der Waals surface area contributed by atoms with Gasteiger partial charge in [-0.3, -0.25) is 0 Å². The van der Waals surface area contributed by atoms with Crippen LogP contribution in [0.1, 0.15) is 11.4 Å². The molecule has 0 spiro atoms. The first-order valence-corrected chi connectivity index (χ1v) is 7.13. The zero-order valence-electron chi connectivity index (χ0n) is 12.8. The lowest BCUT2D eigenvalue weighted by atomic mass is 10.2. The normalized spacial score (nSPS) is 10.6. The summed E-state index contributed by atoms with van der Waals surface area (Å²) in [6.07, 6.45) is 0. The van der Waals surface area contributed by atoms with Gasteiger partial charge in [-0.1, -0.05) is 11.2 Å². The Kier molecular flexibility index (Phi) is 4.23. The topological polar surface area (TPSA) is 60.2 Å². The Morgan fingerprint density at radius 1 is 1.17 bits per heavy atom. The number of ether oxygens (including phenoxy) is 1. The van der Waals surface area contributed by atoms with Gasteiger partial charge in [0.1, 0.15) is 11.6 Å². The summed E-state index contributed by atoms with van der Waals surface area (Å²) in [5, 5.41) is 6.98. The van der Waals surface area contributed by atoms with Crippen molar-refractivity contribution in [2.75, 3.05) is 12.4 Å². The van der Waals surface area contributed by atoms with E-state index in [0.29, 0.717) is 29.5 Å². The molecule has 0 aliphatic carbocycles. The molecule has 1 heterocycles. The van der Waals surface area contributed by atoms with Crippen LogP contribution in [0.3, 0.4) is 0 Å². The molecule has 23 heavy (non-hydrogen) atoms. The fraction of sp³-hybridized carbons (Fsp3) is 0.176. The first-order chi connectivity index (χ1) is 11.2. The lowest BCUT2D eigenvalue weighted by Crippen LogP contribution is -2.01. The molecule has 0 atom stereocenters. The molecule has 0 aliphatic rings. The maximum atomic E-state index is 13.5. The highest BCUT2D eigenvalue weighted by Crippen LogP contribution is 2.21. The summed E-state index contributed by atoms with van der Waals surface area (Å²) in [4.78, 5) is 4.32. The molecule has 0 aliphatic heterocycles. The number of anilines is 1. The Morgan fingerprint density at radius 2 is 1.96 bits per heavy atom. The quantitative estimate of drug-likeness (QED) is 0.776. The van der Waals surface area contributed by atoms with Gasteiger partial charge >= 0.3 is 0 Å². The fourth-order valence-corrected chi connectivity index (χ4v) is 2.06. The Balaban J connectivity index is 1.67. The molecule has 1 N–H and O–H groups in total. The molecule has 0 radical (unpaired) electrons. The number of aryl methyl sites for hydroxylation is 1. The highest BCUT2D eigenvalue weighted by atomic mass is 19.1. The van der Waals surface area contributed by atoms with Gasteiger partial charge in [-0.15, -0.1) is 0 Å². The van der Waals surface area contributed by atoms with E-state index in [1.807, 2.05) is 30.3 Å². The molecule has 5 nitrogen and oxygen atoms in total. The standard InChI is InChI=1S/C17H16FN3O2/c1-11-3-6-13(9-15(11)18)19-10-16-20-17(23-21-16)12-4-7-14(22-2)8-5-12/h3-9,19H,10H2,1-2H3. The van der Waals surface area contributed by atoms with E-state index in [9.17, 15) is 4.39 Å². The number of benzene rings is 2.